The van der Waals surface area contributed by atoms with Crippen LogP contribution in [0.2, 0.25) is 0 Å². The van der Waals surface area contributed by atoms with E-state index in [1.165, 1.54) is 0 Å². The first-order valence-electron chi connectivity index (χ1n) is 7.02. The number of rotatable bonds is 7. The quantitative estimate of drug-likeness (QED) is 0.555. The summed E-state index contributed by atoms with van der Waals surface area (Å²) in [4.78, 5) is 22.8. The maximum atomic E-state index is 11.7. The van der Waals surface area contributed by atoms with Crippen LogP contribution in [0.25, 0.3) is 0 Å². The van der Waals surface area contributed by atoms with E-state index >= 15 is 0 Å². The lowest BCUT2D eigenvalue weighted by molar-refractivity contribution is -0.131. The van der Waals surface area contributed by atoms with Gasteiger partial charge >= 0.3 is 0 Å². The van der Waals surface area contributed by atoms with Gasteiger partial charge < -0.3 is 21.5 Å². The second-order valence-electron chi connectivity index (χ2n) is 4.82. The van der Waals surface area contributed by atoms with E-state index in [-0.39, 0.29) is 25.2 Å². The number of nitrogens with one attached hydrogen (secondary N) is 1. The van der Waals surface area contributed by atoms with Crippen molar-refractivity contribution in [2.75, 3.05) is 13.2 Å². The highest BCUT2D eigenvalue weighted by molar-refractivity contribution is 5.87. The van der Waals surface area contributed by atoms with Crippen molar-refractivity contribution < 1.29 is 14.3 Å². The minimum atomic E-state index is -0.737. The van der Waals surface area contributed by atoms with Crippen molar-refractivity contribution in [2.45, 2.75) is 50.7 Å². The normalized spacial score (nSPS) is 19.9. The molecule has 0 heterocycles. The van der Waals surface area contributed by atoms with Crippen molar-refractivity contribution in [3.8, 4) is 11.8 Å². The molecule has 0 bridgehead atoms. The molecule has 20 heavy (non-hydrogen) atoms. The lowest BCUT2D eigenvalue weighted by Gasteiger charge is -2.16. The van der Waals surface area contributed by atoms with Crippen molar-refractivity contribution in [1.29, 1.82) is 0 Å². The second kappa shape index (κ2) is 9.34. The average molecular weight is 281 g/mol. The number of amides is 2. The minimum absolute atomic E-state index is 0.117. The highest BCUT2D eigenvalue weighted by Gasteiger charge is 2.18. The zero-order chi connectivity index (χ0) is 14.8. The highest BCUT2D eigenvalue weighted by Crippen LogP contribution is 2.10. The van der Waals surface area contributed by atoms with E-state index in [0.717, 1.165) is 32.1 Å². The fraction of sp³-hybridized carbons (Fsp3) is 0.714. The first-order valence-corrected chi connectivity index (χ1v) is 7.02. The predicted molar refractivity (Wildman–Crippen MR) is 75.4 cm³/mol. The van der Waals surface area contributed by atoms with Crippen molar-refractivity contribution >= 4 is 11.8 Å². The third kappa shape index (κ3) is 6.55. The molecule has 1 aliphatic carbocycles. The summed E-state index contributed by atoms with van der Waals surface area (Å²) >= 11 is 0. The van der Waals surface area contributed by atoms with Crippen LogP contribution in [0.1, 0.15) is 38.5 Å². The molecular weight excluding hydrogens is 258 g/mol. The van der Waals surface area contributed by atoms with Gasteiger partial charge in [0.25, 0.3) is 0 Å². The Kier molecular flexibility index (Phi) is 7.70. The molecule has 2 amide bonds. The van der Waals surface area contributed by atoms with Crippen LogP contribution in [0.4, 0.5) is 0 Å². The summed E-state index contributed by atoms with van der Waals surface area (Å²) in [5.41, 5.74) is 10.5. The number of hydrogen-bond acceptors (Lipinski definition) is 4. The number of ether oxygens (including phenoxy) is 1. The SMILES string of the molecule is NCCC(NC(=O)COC1C#CCCCCC1)C(N)=O. The van der Waals surface area contributed by atoms with Gasteiger partial charge in [0.05, 0.1) is 0 Å². The van der Waals surface area contributed by atoms with Gasteiger partial charge in [0.1, 0.15) is 18.8 Å². The average Bonchev–Trinajstić information content (AvgIpc) is 2.36. The van der Waals surface area contributed by atoms with E-state index in [9.17, 15) is 9.59 Å². The zero-order valence-corrected chi connectivity index (χ0v) is 11.7. The molecule has 0 aliphatic heterocycles. The van der Waals surface area contributed by atoms with Crippen LogP contribution < -0.4 is 16.8 Å². The Hall–Kier alpha value is -1.58. The molecular formula is C14H23N3O3. The summed E-state index contributed by atoms with van der Waals surface area (Å²) in [6, 6.07) is -0.737. The summed E-state index contributed by atoms with van der Waals surface area (Å²) in [5, 5.41) is 2.52. The van der Waals surface area contributed by atoms with Crippen LogP contribution in [0.3, 0.4) is 0 Å². The van der Waals surface area contributed by atoms with Crippen molar-refractivity contribution in [1.82, 2.24) is 5.32 Å². The predicted octanol–water partition coefficient (Wildman–Crippen LogP) is -0.342. The van der Waals surface area contributed by atoms with Crippen LogP contribution in [0.5, 0.6) is 0 Å². The van der Waals surface area contributed by atoms with Gasteiger partial charge in [-0.05, 0) is 32.2 Å². The Labute approximate surface area is 119 Å². The third-order valence-electron chi connectivity index (χ3n) is 3.08. The fourth-order valence-corrected chi connectivity index (χ4v) is 1.97. The Morgan fingerprint density at radius 2 is 2.15 bits per heavy atom. The highest BCUT2D eigenvalue weighted by atomic mass is 16.5. The molecule has 0 aromatic carbocycles. The first kappa shape index (κ1) is 16.5. The van der Waals surface area contributed by atoms with E-state index in [4.69, 9.17) is 16.2 Å². The van der Waals surface area contributed by atoms with E-state index < -0.39 is 11.9 Å². The molecule has 1 aliphatic rings. The fourth-order valence-electron chi connectivity index (χ4n) is 1.97. The molecule has 6 nitrogen and oxygen atoms in total. The van der Waals surface area contributed by atoms with Gasteiger partial charge in [0, 0.05) is 6.42 Å². The first-order chi connectivity index (χ1) is 9.63. The molecule has 0 radical (unpaired) electrons. The van der Waals surface area contributed by atoms with E-state index in [1.807, 2.05) is 0 Å². The summed E-state index contributed by atoms with van der Waals surface area (Å²) in [7, 11) is 0. The molecule has 0 aromatic heterocycles. The molecule has 0 fully saturated rings. The monoisotopic (exact) mass is 281 g/mol. The van der Waals surface area contributed by atoms with E-state index in [2.05, 4.69) is 17.2 Å². The van der Waals surface area contributed by atoms with Crippen molar-refractivity contribution in [3.05, 3.63) is 0 Å². The molecule has 0 saturated carbocycles. The zero-order valence-electron chi connectivity index (χ0n) is 11.7. The topological polar surface area (TPSA) is 107 Å². The molecule has 2 atom stereocenters. The Balaban J connectivity index is 2.35. The lowest BCUT2D eigenvalue weighted by atomic mass is 10.1. The van der Waals surface area contributed by atoms with Crippen LogP contribution >= 0.6 is 0 Å². The Morgan fingerprint density at radius 3 is 2.85 bits per heavy atom. The molecule has 0 saturated heterocycles. The molecule has 112 valence electrons. The number of nitrogens with two attached hydrogens (primary N) is 2. The number of hydrogen-bond donors (Lipinski definition) is 3. The summed E-state index contributed by atoms with van der Waals surface area (Å²) < 4.78 is 5.47. The maximum Gasteiger partial charge on any atom is 0.246 e. The lowest BCUT2D eigenvalue weighted by Crippen LogP contribution is -2.47. The molecule has 2 unspecified atom stereocenters. The van der Waals surface area contributed by atoms with Crippen LogP contribution in [0.15, 0.2) is 0 Å². The number of carbonyl (C=O) groups is 2. The van der Waals surface area contributed by atoms with Gasteiger partial charge in [-0.3, -0.25) is 9.59 Å². The van der Waals surface area contributed by atoms with Crippen molar-refractivity contribution in [3.63, 3.8) is 0 Å². The number of carbonyl (C=O) groups excluding carboxylic acids is 2. The van der Waals surface area contributed by atoms with E-state index in [1.54, 1.807) is 0 Å². The largest absolute Gasteiger partial charge is 0.368 e. The maximum absolute atomic E-state index is 11.7. The van der Waals surface area contributed by atoms with Gasteiger partial charge in [-0.1, -0.05) is 12.3 Å². The van der Waals surface area contributed by atoms with Gasteiger partial charge in [-0.2, -0.15) is 0 Å². The number of primary amides is 1. The summed E-state index contributed by atoms with van der Waals surface area (Å²) in [6.45, 7) is 0.163. The van der Waals surface area contributed by atoms with Crippen LogP contribution in [0, 0.1) is 11.8 Å². The van der Waals surface area contributed by atoms with Gasteiger partial charge in [-0.25, -0.2) is 0 Å². The van der Waals surface area contributed by atoms with E-state index in [0.29, 0.717) is 6.42 Å². The molecule has 5 N–H and O–H groups in total. The summed E-state index contributed by atoms with van der Waals surface area (Å²) in [5.74, 6) is 5.10. The molecule has 0 aromatic rings. The van der Waals surface area contributed by atoms with Gasteiger partial charge in [0.15, 0.2) is 0 Å². The van der Waals surface area contributed by atoms with Crippen molar-refractivity contribution in [2.24, 2.45) is 11.5 Å². The molecule has 1 rings (SSSR count). The Bertz CT molecular complexity index is 387. The second-order valence-corrected chi connectivity index (χ2v) is 4.82. The van der Waals surface area contributed by atoms with Gasteiger partial charge in [-0.15, -0.1) is 5.92 Å². The molecule has 6 heteroatoms. The van der Waals surface area contributed by atoms with Gasteiger partial charge in [0.2, 0.25) is 11.8 Å². The van der Waals surface area contributed by atoms with Crippen LogP contribution in [-0.4, -0.2) is 37.1 Å². The Morgan fingerprint density at radius 1 is 1.35 bits per heavy atom. The smallest absolute Gasteiger partial charge is 0.246 e. The minimum Gasteiger partial charge on any atom is -0.368 e. The standard InChI is InChI=1S/C14H23N3O3/c15-9-8-12(14(16)19)17-13(18)10-20-11-6-4-2-1-3-5-7-11/h11-12H,1-4,6,8-10,15H2,(H2,16,19)(H,17,18). The summed E-state index contributed by atoms with van der Waals surface area (Å²) in [6.07, 6.45) is 5.15. The third-order valence-corrected chi connectivity index (χ3v) is 3.08. The molecule has 0 spiro atoms. The van der Waals surface area contributed by atoms with Crippen LogP contribution in [-0.2, 0) is 14.3 Å².